The first-order valence-corrected chi connectivity index (χ1v) is 13.9. The van der Waals surface area contributed by atoms with Gasteiger partial charge in [0.05, 0.1) is 12.8 Å². The van der Waals surface area contributed by atoms with Crippen LogP contribution in [0.25, 0.3) is 6.08 Å². The van der Waals surface area contributed by atoms with Crippen LogP contribution in [0.15, 0.2) is 107 Å². The zero-order valence-electron chi connectivity index (χ0n) is 22.0. The van der Waals surface area contributed by atoms with Crippen molar-refractivity contribution in [1.29, 1.82) is 0 Å². The van der Waals surface area contributed by atoms with Crippen molar-refractivity contribution in [2.24, 2.45) is 0 Å². The molecule has 2 amide bonds. The summed E-state index contributed by atoms with van der Waals surface area (Å²) in [6.45, 7) is 0.635. The molecule has 0 spiro atoms. The fourth-order valence-electron chi connectivity index (χ4n) is 4.21. The van der Waals surface area contributed by atoms with E-state index in [0.717, 1.165) is 15.6 Å². The number of amides is 2. The molecule has 1 fully saturated rings. The third kappa shape index (κ3) is 6.65. The number of carbonyl (C=O) groups excluding carboxylic acids is 2. The van der Waals surface area contributed by atoms with Crippen molar-refractivity contribution in [2.45, 2.75) is 13.2 Å². The number of nitrogens with one attached hydrogen (secondary N) is 1. The predicted molar refractivity (Wildman–Crippen MR) is 165 cm³/mol. The normalized spacial score (nSPS) is 14.1. The smallest absolute Gasteiger partial charge is 0.270 e. The molecule has 206 valence electrons. The van der Waals surface area contributed by atoms with E-state index in [2.05, 4.69) is 21.2 Å². The van der Waals surface area contributed by atoms with E-state index in [1.807, 2.05) is 60.7 Å². The van der Waals surface area contributed by atoms with Gasteiger partial charge in [-0.3, -0.25) is 19.8 Å². The summed E-state index contributed by atoms with van der Waals surface area (Å²) in [4.78, 5) is 27.5. The number of benzene rings is 4. The van der Waals surface area contributed by atoms with E-state index in [1.54, 1.807) is 43.5 Å². The van der Waals surface area contributed by atoms with Gasteiger partial charge in [-0.1, -0.05) is 70.5 Å². The number of nitrogens with zero attached hydrogens (tertiary/aromatic N) is 1. The van der Waals surface area contributed by atoms with E-state index < -0.39 is 11.8 Å². The summed E-state index contributed by atoms with van der Waals surface area (Å²) < 4.78 is 18.4. The molecule has 0 bridgehead atoms. The third-order valence-electron chi connectivity index (χ3n) is 6.25. The number of rotatable bonds is 9. The molecule has 41 heavy (non-hydrogen) atoms. The highest BCUT2D eigenvalue weighted by atomic mass is 79.9. The first-order valence-electron chi connectivity index (χ1n) is 12.7. The maximum Gasteiger partial charge on any atom is 0.270 e. The van der Waals surface area contributed by atoms with Crippen molar-refractivity contribution >= 4 is 56.8 Å². The number of para-hydroxylation sites is 1. The molecule has 0 aromatic heterocycles. The molecule has 0 aliphatic carbocycles. The molecule has 4 aromatic carbocycles. The lowest BCUT2D eigenvalue weighted by Gasteiger charge is -2.29. The van der Waals surface area contributed by atoms with Gasteiger partial charge in [0.1, 0.15) is 24.5 Å². The van der Waals surface area contributed by atoms with Gasteiger partial charge < -0.3 is 14.2 Å². The molecule has 7 nitrogen and oxygen atoms in total. The lowest BCUT2D eigenvalue weighted by atomic mass is 10.1. The van der Waals surface area contributed by atoms with Crippen molar-refractivity contribution in [1.82, 2.24) is 5.32 Å². The van der Waals surface area contributed by atoms with Gasteiger partial charge in [0.25, 0.3) is 11.8 Å². The molecule has 1 aliphatic rings. The largest absolute Gasteiger partial charge is 0.493 e. The Hall–Kier alpha value is -4.47. The van der Waals surface area contributed by atoms with Crippen LogP contribution in [0.5, 0.6) is 17.2 Å². The Morgan fingerprint density at radius 2 is 1.46 bits per heavy atom. The SMILES string of the molecule is COc1cc(COc2ccc(Br)cc2/C=C2/C(=O)NC(=S)N(c3ccccc3)C2=O)ccc1OCc1ccccc1. The number of carbonyl (C=O) groups is 2. The van der Waals surface area contributed by atoms with Crippen LogP contribution < -0.4 is 24.4 Å². The number of halogens is 1. The van der Waals surface area contributed by atoms with Gasteiger partial charge in [0.15, 0.2) is 16.6 Å². The highest BCUT2D eigenvalue weighted by molar-refractivity contribution is 9.10. The predicted octanol–water partition coefficient (Wildman–Crippen LogP) is 6.45. The minimum absolute atomic E-state index is 0.0270. The van der Waals surface area contributed by atoms with Gasteiger partial charge >= 0.3 is 0 Å². The zero-order chi connectivity index (χ0) is 28.8. The Labute approximate surface area is 251 Å². The van der Waals surface area contributed by atoms with E-state index >= 15 is 0 Å². The lowest BCUT2D eigenvalue weighted by molar-refractivity contribution is -0.122. The van der Waals surface area contributed by atoms with Crippen molar-refractivity contribution < 1.29 is 23.8 Å². The maximum atomic E-state index is 13.4. The third-order valence-corrected chi connectivity index (χ3v) is 7.03. The number of methoxy groups -OCH3 is 1. The second-order valence-electron chi connectivity index (χ2n) is 9.02. The highest BCUT2D eigenvalue weighted by Crippen LogP contribution is 2.31. The van der Waals surface area contributed by atoms with E-state index in [0.29, 0.717) is 35.1 Å². The average molecular weight is 630 g/mol. The first kappa shape index (κ1) is 28.1. The summed E-state index contributed by atoms with van der Waals surface area (Å²) in [5.74, 6) is 0.600. The number of hydrogen-bond acceptors (Lipinski definition) is 6. The molecular weight excluding hydrogens is 604 g/mol. The van der Waals surface area contributed by atoms with Crippen LogP contribution in [0.3, 0.4) is 0 Å². The van der Waals surface area contributed by atoms with Crippen LogP contribution >= 0.6 is 28.1 Å². The van der Waals surface area contributed by atoms with E-state index in [9.17, 15) is 9.59 Å². The second kappa shape index (κ2) is 12.8. The molecule has 4 aromatic rings. The van der Waals surface area contributed by atoms with Gasteiger partial charge in [-0.25, -0.2) is 0 Å². The fourth-order valence-corrected chi connectivity index (χ4v) is 4.87. The van der Waals surface area contributed by atoms with Crippen molar-refractivity contribution in [2.75, 3.05) is 12.0 Å². The fraction of sp³-hybridized carbons (Fsp3) is 0.0938. The van der Waals surface area contributed by atoms with Crippen LogP contribution in [0.4, 0.5) is 5.69 Å². The van der Waals surface area contributed by atoms with E-state index in [1.165, 1.54) is 11.0 Å². The molecular formula is C32H25BrN2O5S. The zero-order valence-corrected chi connectivity index (χ0v) is 24.4. The number of hydrogen-bond donors (Lipinski definition) is 1. The minimum Gasteiger partial charge on any atom is -0.493 e. The summed E-state index contributed by atoms with van der Waals surface area (Å²) in [5, 5.41) is 2.64. The maximum absolute atomic E-state index is 13.4. The van der Waals surface area contributed by atoms with Crippen molar-refractivity contribution in [3.63, 3.8) is 0 Å². The summed E-state index contributed by atoms with van der Waals surface area (Å²) in [6.07, 6.45) is 1.51. The lowest BCUT2D eigenvalue weighted by Crippen LogP contribution is -2.54. The van der Waals surface area contributed by atoms with Gasteiger partial charge in [-0.2, -0.15) is 0 Å². The summed E-state index contributed by atoms with van der Waals surface area (Å²) in [5.41, 5.74) is 2.95. The number of anilines is 1. The molecule has 0 radical (unpaired) electrons. The first-order chi connectivity index (χ1) is 19.9. The summed E-state index contributed by atoms with van der Waals surface area (Å²) in [6, 6.07) is 29.8. The Balaban J connectivity index is 1.35. The standard InChI is InChI=1S/C32H25BrN2O5S/c1-38-29-16-22(12-14-28(29)40-19-21-8-4-2-5-9-21)20-39-27-15-13-24(33)17-23(27)18-26-30(36)34-32(41)35(31(26)37)25-10-6-3-7-11-25/h2-18H,19-20H2,1H3,(H,34,36,41)/b26-18-. The van der Waals surface area contributed by atoms with E-state index in [-0.39, 0.29) is 17.3 Å². The molecule has 0 unspecified atom stereocenters. The Bertz CT molecular complexity index is 1630. The molecule has 0 saturated carbocycles. The van der Waals surface area contributed by atoms with Crippen LogP contribution in [0.2, 0.25) is 0 Å². The minimum atomic E-state index is -0.575. The molecule has 1 N–H and O–H groups in total. The van der Waals surface area contributed by atoms with Crippen LogP contribution in [0.1, 0.15) is 16.7 Å². The molecule has 1 aliphatic heterocycles. The van der Waals surface area contributed by atoms with Gasteiger partial charge in [-0.15, -0.1) is 0 Å². The Morgan fingerprint density at radius 1 is 0.805 bits per heavy atom. The molecule has 5 rings (SSSR count). The Morgan fingerprint density at radius 3 is 2.20 bits per heavy atom. The molecule has 0 atom stereocenters. The van der Waals surface area contributed by atoms with Crippen molar-refractivity contribution in [3.8, 4) is 17.2 Å². The van der Waals surface area contributed by atoms with Crippen molar-refractivity contribution in [3.05, 3.63) is 124 Å². The van der Waals surface area contributed by atoms with Crippen LogP contribution in [0, 0.1) is 0 Å². The molecule has 1 heterocycles. The molecule has 9 heteroatoms. The number of thiocarbonyl (C=S) groups is 1. The monoisotopic (exact) mass is 628 g/mol. The van der Waals surface area contributed by atoms with Gasteiger partial charge in [0.2, 0.25) is 0 Å². The highest BCUT2D eigenvalue weighted by Gasteiger charge is 2.34. The van der Waals surface area contributed by atoms with Crippen LogP contribution in [-0.4, -0.2) is 24.0 Å². The Kier molecular flexibility index (Phi) is 8.76. The number of ether oxygens (including phenoxy) is 3. The average Bonchev–Trinajstić information content (AvgIpc) is 2.99. The second-order valence-corrected chi connectivity index (χ2v) is 10.3. The summed E-state index contributed by atoms with van der Waals surface area (Å²) >= 11 is 8.76. The topological polar surface area (TPSA) is 77.1 Å². The van der Waals surface area contributed by atoms with Crippen LogP contribution in [-0.2, 0) is 22.8 Å². The van der Waals surface area contributed by atoms with Gasteiger partial charge in [-0.05, 0) is 71.9 Å². The quantitative estimate of drug-likeness (QED) is 0.130. The van der Waals surface area contributed by atoms with Gasteiger partial charge in [0, 0.05) is 10.0 Å². The molecule has 1 saturated heterocycles. The van der Waals surface area contributed by atoms with E-state index in [4.69, 9.17) is 26.4 Å². The summed E-state index contributed by atoms with van der Waals surface area (Å²) in [7, 11) is 1.59.